The van der Waals surface area contributed by atoms with Crippen molar-refractivity contribution >= 4 is 37.5 Å². The molecule has 0 fully saturated rings. The lowest BCUT2D eigenvalue weighted by molar-refractivity contribution is 0.0997. The highest BCUT2D eigenvalue weighted by molar-refractivity contribution is 7.89. The second-order valence-corrected chi connectivity index (χ2v) is 9.43. The molecule has 3 aromatic rings. The molecule has 1 aromatic heterocycles. The van der Waals surface area contributed by atoms with Crippen molar-refractivity contribution in [2.75, 3.05) is 6.61 Å². The van der Waals surface area contributed by atoms with E-state index >= 15 is 0 Å². The summed E-state index contributed by atoms with van der Waals surface area (Å²) in [5, 5.41) is 5.25. The van der Waals surface area contributed by atoms with Gasteiger partial charge < -0.3 is 9.30 Å². The number of ether oxygens (including phenoxy) is 1. The van der Waals surface area contributed by atoms with Crippen LogP contribution in [0.2, 0.25) is 0 Å². The number of rotatable bonds is 8. The molecule has 30 heavy (non-hydrogen) atoms. The summed E-state index contributed by atoms with van der Waals surface area (Å²) in [4.78, 5) is 17.7. The third kappa shape index (κ3) is 5.16. The van der Waals surface area contributed by atoms with Crippen molar-refractivity contribution in [1.29, 1.82) is 0 Å². The van der Waals surface area contributed by atoms with E-state index in [9.17, 15) is 13.2 Å². The number of hydrogen-bond acceptors (Lipinski definition) is 5. The number of primary sulfonamides is 1. The third-order valence-electron chi connectivity index (χ3n) is 4.47. The molecule has 1 heterocycles. The molecule has 0 bridgehead atoms. The first-order valence-electron chi connectivity index (χ1n) is 9.81. The van der Waals surface area contributed by atoms with Crippen LogP contribution in [0.3, 0.4) is 0 Å². The first-order valence-corrected chi connectivity index (χ1v) is 12.2. The molecule has 0 unspecified atom stereocenters. The fraction of sp³-hybridized carbons (Fsp3) is 0.333. The van der Waals surface area contributed by atoms with Gasteiger partial charge in [0, 0.05) is 12.1 Å². The molecule has 2 N–H and O–H groups in total. The van der Waals surface area contributed by atoms with Crippen molar-refractivity contribution in [3.63, 3.8) is 0 Å². The maximum atomic E-state index is 12.8. The Morgan fingerprint density at radius 3 is 2.67 bits per heavy atom. The van der Waals surface area contributed by atoms with Gasteiger partial charge in [-0.3, -0.25) is 4.79 Å². The van der Waals surface area contributed by atoms with Gasteiger partial charge in [0.05, 0.1) is 21.7 Å². The molecular weight excluding hydrogens is 422 g/mol. The molecule has 0 radical (unpaired) electrons. The number of carbonyl (C=O) groups is 1. The molecule has 2 aromatic carbocycles. The van der Waals surface area contributed by atoms with Gasteiger partial charge in [-0.1, -0.05) is 37.7 Å². The fourth-order valence-electron chi connectivity index (χ4n) is 2.96. The molecule has 0 aliphatic heterocycles. The number of fused-ring (bicyclic) bond motifs is 1. The zero-order valence-corrected chi connectivity index (χ0v) is 18.6. The second-order valence-electron chi connectivity index (χ2n) is 6.86. The van der Waals surface area contributed by atoms with Crippen molar-refractivity contribution in [2.45, 2.75) is 44.6 Å². The number of hydrogen-bond donors (Lipinski definition) is 1. The van der Waals surface area contributed by atoms with Crippen molar-refractivity contribution in [3.05, 3.63) is 52.8 Å². The average molecular weight is 448 g/mol. The van der Waals surface area contributed by atoms with Crippen LogP contribution in [0.5, 0.6) is 5.75 Å². The highest BCUT2D eigenvalue weighted by Gasteiger charge is 2.13. The normalized spacial score (nSPS) is 12.4. The molecule has 1 amide bonds. The molecule has 0 saturated carbocycles. The van der Waals surface area contributed by atoms with E-state index in [0.717, 1.165) is 24.8 Å². The number of aryl methyl sites for hydroxylation is 1. The van der Waals surface area contributed by atoms with Gasteiger partial charge in [-0.25, -0.2) is 13.6 Å². The Morgan fingerprint density at radius 1 is 1.17 bits per heavy atom. The van der Waals surface area contributed by atoms with E-state index in [1.165, 1.54) is 23.5 Å². The van der Waals surface area contributed by atoms with Crippen LogP contribution >= 0.6 is 11.3 Å². The molecular formula is C21H25N3O4S2. The standard InChI is InChI=1S/C21H25N3O4S2/c1-3-5-12-28-16-8-6-7-15(13-16)20(25)23-21-24(11-4-2)18-10-9-17(30(22,26)27)14-19(18)29-21/h6-10,13-14H,3-5,11-12H2,1-2H3,(H2,22,26,27). The van der Waals surface area contributed by atoms with Crippen LogP contribution in [0.15, 0.2) is 52.4 Å². The van der Waals surface area contributed by atoms with Crippen LogP contribution in [0, 0.1) is 0 Å². The Labute approximate surface area is 179 Å². The maximum Gasteiger partial charge on any atom is 0.279 e. The lowest BCUT2D eigenvalue weighted by Gasteiger charge is -2.06. The smallest absolute Gasteiger partial charge is 0.279 e. The molecule has 7 nitrogen and oxygen atoms in total. The van der Waals surface area contributed by atoms with Crippen molar-refractivity contribution < 1.29 is 17.9 Å². The van der Waals surface area contributed by atoms with E-state index in [4.69, 9.17) is 9.88 Å². The number of benzene rings is 2. The highest BCUT2D eigenvalue weighted by atomic mass is 32.2. The molecule has 9 heteroatoms. The molecule has 0 saturated heterocycles. The van der Waals surface area contributed by atoms with Gasteiger partial charge in [-0.05, 0) is 49.2 Å². The Hall–Kier alpha value is -2.49. The van der Waals surface area contributed by atoms with Gasteiger partial charge in [0.1, 0.15) is 5.75 Å². The maximum absolute atomic E-state index is 12.8. The summed E-state index contributed by atoms with van der Waals surface area (Å²) in [5.74, 6) is 0.263. The summed E-state index contributed by atoms with van der Waals surface area (Å²) in [5.41, 5.74) is 1.26. The number of unbranched alkanes of at least 4 members (excludes halogenated alkanes) is 1. The average Bonchev–Trinajstić information content (AvgIpc) is 3.04. The van der Waals surface area contributed by atoms with Gasteiger partial charge in [-0.2, -0.15) is 4.99 Å². The number of nitrogens with zero attached hydrogens (tertiary/aromatic N) is 2. The van der Waals surface area contributed by atoms with Crippen molar-refractivity contribution in [2.24, 2.45) is 10.1 Å². The van der Waals surface area contributed by atoms with E-state index in [1.54, 1.807) is 24.3 Å². The minimum absolute atomic E-state index is 0.0368. The van der Waals surface area contributed by atoms with E-state index in [0.29, 0.717) is 34.0 Å². The zero-order chi connectivity index (χ0) is 21.7. The van der Waals surface area contributed by atoms with Crippen molar-refractivity contribution in [1.82, 2.24) is 4.57 Å². The lowest BCUT2D eigenvalue weighted by Crippen LogP contribution is -2.17. The number of thiazole rings is 1. The minimum atomic E-state index is -3.80. The molecule has 0 aliphatic carbocycles. The van der Waals surface area contributed by atoms with Crippen LogP contribution < -0.4 is 14.7 Å². The van der Waals surface area contributed by atoms with E-state index in [2.05, 4.69) is 11.9 Å². The number of sulfonamides is 1. The van der Waals surface area contributed by atoms with Crippen LogP contribution in [-0.2, 0) is 16.6 Å². The molecule has 160 valence electrons. The first-order chi connectivity index (χ1) is 14.3. The van der Waals surface area contributed by atoms with Gasteiger partial charge in [0.2, 0.25) is 10.0 Å². The predicted octanol–water partition coefficient (Wildman–Crippen LogP) is 3.68. The van der Waals surface area contributed by atoms with Gasteiger partial charge in [-0.15, -0.1) is 0 Å². The van der Waals surface area contributed by atoms with Crippen LogP contribution in [-0.4, -0.2) is 25.5 Å². The molecule has 3 rings (SSSR count). The third-order valence-corrected chi connectivity index (χ3v) is 6.43. The number of nitrogens with two attached hydrogens (primary N) is 1. The quantitative estimate of drug-likeness (QED) is 0.532. The van der Waals surface area contributed by atoms with Gasteiger partial charge in [0.25, 0.3) is 5.91 Å². The summed E-state index contributed by atoms with van der Waals surface area (Å²) >= 11 is 1.26. The predicted molar refractivity (Wildman–Crippen MR) is 118 cm³/mol. The van der Waals surface area contributed by atoms with Crippen molar-refractivity contribution in [3.8, 4) is 5.75 Å². The summed E-state index contributed by atoms with van der Waals surface area (Å²) in [6.45, 7) is 5.37. The number of amides is 1. The number of carbonyl (C=O) groups excluding carboxylic acids is 1. The Bertz CT molecular complexity index is 1230. The Kier molecular flexibility index (Phi) is 7.06. The Morgan fingerprint density at radius 2 is 1.97 bits per heavy atom. The highest BCUT2D eigenvalue weighted by Crippen LogP contribution is 2.22. The molecule has 0 aliphatic rings. The largest absolute Gasteiger partial charge is 0.494 e. The van der Waals surface area contributed by atoms with Crippen LogP contribution in [0.1, 0.15) is 43.5 Å². The summed E-state index contributed by atoms with van der Waals surface area (Å²) in [6.07, 6.45) is 2.82. The minimum Gasteiger partial charge on any atom is -0.494 e. The summed E-state index contributed by atoms with van der Waals surface area (Å²) < 4.78 is 31.6. The molecule has 0 spiro atoms. The van der Waals surface area contributed by atoms with Gasteiger partial charge >= 0.3 is 0 Å². The SMILES string of the molecule is CCCCOc1cccc(C(=O)N=c2sc3cc(S(N)(=O)=O)ccc3n2CCC)c1. The van der Waals surface area contributed by atoms with Gasteiger partial charge in [0.15, 0.2) is 4.80 Å². The second kappa shape index (κ2) is 9.55. The topological polar surface area (TPSA) is 104 Å². The van der Waals surface area contributed by atoms with E-state index in [1.807, 2.05) is 17.6 Å². The summed E-state index contributed by atoms with van der Waals surface area (Å²) in [6, 6.07) is 11.7. The lowest BCUT2D eigenvalue weighted by atomic mass is 10.2. The van der Waals surface area contributed by atoms with E-state index < -0.39 is 10.0 Å². The summed E-state index contributed by atoms with van der Waals surface area (Å²) in [7, 11) is -3.80. The van der Waals surface area contributed by atoms with Crippen LogP contribution in [0.25, 0.3) is 10.2 Å². The monoisotopic (exact) mass is 447 g/mol. The molecule has 0 atom stereocenters. The fourth-order valence-corrected chi connectivity index (χ4v) is 4.67. The van der Waals surface area contributed by atoms with Crippen LogP contribution in [0.4, 0.5) is 0 Å². The number of aromatic nitrogens is 1. The first kappa shape index (κ1) is 22.2. The van der Waals surface area contributed by atoms with E-state index in [-0.39, 0.29) is 10.8 Å². The zero-order valence-electron chi connectivity index (χ0n) is 17.0. The Balaban J connectivity index is 2.01.